The van der Waals surface area contributed by atoms with Gasteiger partial charge in [0, 0.05) is 18.3 Å². The van der Waals surface area contributed by atoms with Crippen molar-refractivity contribution in [3.05, 3.63) is 64.8 Å². The van der Waals surface area contributed by atoms with Crippen molar-refractivity contribution < 1.29 is 14.3 Å². The molecule has 0 spiro atoms. The van der Waals surface area contributed by atoms with Crippen LogP contribution in [-0.4, -0.2) is 30.1 Å². The highest BCUT2D eigenvalue weighted by molar-refractivity contribution is 6.33. The lowest BCUT2D eigenvalue weighted by Gasteiger charge is -2.10. The van der Waals surface area contributed by atoms with E-state index in [1.807, 2.05) is 49.5 Å². The van der Waals surface area contributed by atoms with E-state index in [4.69, 9.17) is 16.3 Å². The number of carbonyl (C=O) groups excluding carboxylic acids is 1. The molecule has 0 aliphatic rings. The van der Waals surface area contributed by atoms with Gasteiger partial charge >= 0.3 is 6.09 Å². The maximum Gasteiger partial charge on any atom is 0.407 e. The van der Waals surface area contributed by atoms with Gasteiger partial charge in [-0.2, -0.15) is 5.10 Å². The number of alkyl carbamates (subject to hydrolysis) is 1. The second-order valence-corrected chi connectivity index (χ2v) is 6.35. The minimum Gasteiger partial charge on any atom is -0.497 e. The Balaban J connectivity index is 1.87. The zero-order valence-corrected chi connectivity index (χ0v) is 16.1. The van der Waals surface area contributed by atoms with Crippen LogP contribution in [0.4, 0.5) is 4.79 Å². The lowest BCUT2D eigenvalue weighted by Crippen LogP contribution is -2.22. The van der Waals surface area contributed by atoms with Crippen LogP contribution in [0.5, 0.6) is 5.75 Å². The van der Waals surface area contributed by atoms with Gasteiger partial charge in [-0.1, -0.05) is 17.7 Å². The Labute approximate surface area is 162 Å². The molecule has 27 heavy (non-hydrogen) atoms. The first-order valence-electron chi connectivity index (χ1n) is 8.33. The standard InChI is InChI=1S/C20H20ClN3O3/c1-13-4-5-15(10-14(13)12-22-20(25)27-3)24-9-8-19(23-24)17-7-6-16(26-2)11-18(17)21/h4-11H,12H2,1-3H3,(H,22,25). The molecule has 0 aliphatic heterocycles. The van der Waals surface area contributed by atoms with E-state index in [-0.39, 0.29) is 0 Å². The van der Waals surface area contributed by atoms with Gasteiger partial charge in [0.05, 0.1) is 30.6 Å². The third kappa shape index (κ3) is 4.23. The monoisotopic (exact) mass is 385 g/mol. The molecule has 140 valence electrons. The van der Waals surface area contributed by atoms with Crippen molar-refractivity contribution in [2.75, 3.05) is 14.2 Å². The van der Waals surface area contributed by atoms with Gasteiger partial charge in [-0.15, -0.1) is 0 Å². The van der Waals surface area contributed by atoms with Crippen LogP contribution in [0.15, 0.2) is 48.7 Å². The summed E-state index contributed by atoms with van der Waals surface area (Å²) in [6.45, 7) is 2.37. The molecule has 0 saturated carbocycles. The fourth-order valence-electron chi connectivity index (χ4n) is 2.67. The Morgan fingerprint density at radius 2 is 2.00 bits per heavy atom. The van der Waals surface area contributed by atoms with Crippen LogP contribution in [0.1, 0.15) is 11.1 Å². The van der Waals surface area contributed by atoms with Gasteiger partial charge in [0.25, 0.3) is 0 Å². The maximum absolute atomic E-state index is 11.3. The van der Waals surface area contributed by atoms with Crippen molar-refractivity contribution in [3.63, 3.8) is 0 Å². The zero-order valence-electron chi connectivity index (χ0n) is 15.3. The number of methoxy groups -OCH3 is 2. The number of aromatic nitrogens is 2. The second kappa shape index (κ2) is 8.14. The summed E-state index contributed by atoms with van der Waals surface area (Å²) in [5.41, 5.74) is 4.53. The molecule has 0 atom stereocenters. The largest absolute Gasteiger partial charge is 0.497 e. The summed E-state index contributed by atoms with van der Waals surface area (Å²) in [4.78, 5) is 11.3. The van der Waals surface area contributed by atoms with Gasteiger partial charge in [-0.25, -0.2) is 9.48 Å². The van der Waals surface area contributed by atoms with E-state index in [9.17, 15) is 4.79 Å². The normalized spacial score (nSPS) is 10.5. The number of nitrogens with zero attached hydrogens (tertiary/aromatic N) is 2. The van der Waals surface area contributed by atoms with Gasteiger partial charge in [0.2, 0.25) is 0 Å². The molecule has 1 amide bonds. The van der Waals surface area contributed by atoms with Crippen LogP contribution in [-0.2, 0) is 11.3 Å². The van der Waals surface area contributed by atoms with Crippen LogP contribution in [0.25, 0.3) is 16.9 Å². The molecule has 1 aromatic heterocycles. The average Bonchev–Trinajstić information content (AvgIpc) is 3.16. The van der Waals surface area contributed by atoms with Crippen LogP contribution in [0.2, 0.25) is 5.02 Å². The lowest BCUT2D eigenvalue weighted by atomic mass is 10.1. The molecule has 0 bridgehead atoms. The van der Waals surface area contributed by atoms with Crippen LogP contribution in [0.3, 0.4) is 0 Å². The highest BCUT2D eigenvalue weighted by Gasteiger charge is 2.10. The van der Waals surface area contributed by atoms with Crippen molar-refractivity contribution >= 4 is 17.7 Å². The highest BCUT2D eigenvalue weighted by atomic mass is 35.5. The SMILES string of the molecule is COC(=O)NCc1cc(-n2ccc(-c3ccc(OC)cc3Cl)n2)ccc1C. The van der Waals surface area contributed by atoms with Crippen LogP contribution >= 0.6 is 11.6 Å². The summed E-state index contributed by atoms with van der Waals surface area (Å²) in [7, 11) is 2.94. The molecular weight excluding hydrogens is 366 g/mol. The van der Waals surface area contributed by atoms with E-state index in [1.54, 1.807) is 17.9 Å². The van der Waals surface area contributed by atoms with Crippen molar-refractivity contribution in [2.24, 2.45) is 0 Å². The molecular formula is C20H20ClN3O3. The Hall–Kier alpha value is -2.99. The minimum atomic E-state index is -0.463. The Bertz CT molecular complexity index is 969. The van der Waals surface area contributed by atoms with Crippen LogP contribution < -0.4 is 10.1 Å². The van der Waals surface area contributed by atoms with Crippen molar-refractivity contribution in [1.82, 2.24) is 15.1 Å². The molecule has 0 saturated heterocycles. The molecule has 7 heteroatoms. The van der Waals surface area contributed by atoms with Gasteiger partial charge in [0.15, 0.2) is 0 Å². The fourth-order valence-corrected chi connectivity index (χ4v) is 2.94. The maximum atomic E-state index is 11.3. The number of rotatable bonds is 5. The summed E-state index contributed by atoms with van der Waals surface area (Å²) in [6.07, 6.45) is 1.41. The number of halogens is 1. The predicted molar refractivity (Wildman–Crippen MR) is 105 cm³/mol. The number of hydrogen-bond acceptors (Lipinski definition) is 4. The lowest BCUT2D eigenvalue weighted by molar-refractivity contribution is 0.170. The van der Waals surface area contributed by atoms with E-state index in [2.05, 4.69) is 15.2 Å². The van der Waals surface area contributed by atoms with Crippen molar-refractivity contribution in [1.29, 1.82) is 0 Å². The van der Waals surface area contributed by atoms with Gasteiger partial charge < -0.3 is 14.8 Å². The Kier molecular flexibility index (Phi) is 5.66. The number of ether oxygens (including phenoxy) is 2. The first-order valence-corrected chi connectivity index (χ1v) is 8.71. The van der Waals surface area contributed by atoms with E-state index >= 15 is 0 Å². The number of nitrogens with one attached hydrogen (secondary N) is 1. The van der Waals surface area contributed by atoms with E-state index < -0.39 is 6.09 Å². The molecule has 6 nitrogen and oxygen atoms in total. The van der Waals surface area contributed by atoms with Crippen molar-refractivity contribution in [2.45, 2.75) is 13.5 Å². The van der Waals surface area contributed by atoms with Crippen molar-refractivity contribution in [3.8, 4) is 22.7 Å². The topological polar surface area (TPSA) is 65.4 Å². The fraction of sp³-hybridized carbons (Fsp3) is 0.200. The number of aryl methyl sites for hydroxylation is 1. The number of benzene rings is 2. The van der Waals surface area contributed by atoms with Gasteiger partial charge in [0.1, 0.15) is 5.75 Å². The molecule has 3 rings (SSSR count). The molecule has 2 aromatic carbocycles. The van der Waals surface area contributed by atoms with Gasteiger partial charge in [-0.05, 0) is 54.4 Å². The molecule has 1 N–H and O–H groups in total. The second-order valence-electron chi connectivity index (χ2n) is 5.95. The summed E-state index contributed by atoms with van der Waals surface area (Å²) in [5, 5.41) is 7.90. The smallest absolute Gasteiger partial charge is 0.407 e. The first kappa shape index (κ1) is 18.8. The number of hydrogen-bond donors (Lipinski definition) is 1. The predicted octanol–water partition coefficient (Wildman–Crippen LogP) is 4.37. The van der Waals surface area contributed by atoms with Crippen LogP contribution in [0, 0.1) is 6.92 Å². The van der Waals surface area contributed by atoms with E-state index in [0.717, 1.165) is 28.1 Å². The van der Waals surface area contributed by atoms with Gasteiger partial charge in [-0.3, -0.25) is 0 Å². The first-order chi connectivity index (χ1) is 13.0. The Morgan fingerprint density at radius 3 is 2.70 bits per heavy atom. The quantitative estimate of drug-likeness (QED) is 0.708. The van der Waals surface area contributed by atoms with E-state index in [1.165, 1.54) is 7.11 Å². The zero-order chi connectivity index (χ0) is 19.4. The summed E-state index contributed by atoms with van der Waals surface area (Å²) >= 11 is 6.35. The third-order valence-electron chi connectivity index (χ3n) is 4.25. The molecule has 1 heterocycles. The average molecular weight is 386 g/mol. The molecule has 0 fully saturated rings. The summed E-state index contributed by atoms with van der Waals surface area (Å²) in [6, 6.07) is 13.3. The Morgan fingerprint density at radius 1 is 1.19 bits per heavy atom. The molecule has 3 aromatic rings. The highest BCUT2D eigenvalue weighted by Crippen LogP contribution is 2.30. The molecule has 0 radical (unpaired) electrons. The summed E-state index contributed by atoms with van der Waals surface area (Å²) < 4.78 is 11.6. The number of amides is 1. The molecule has 0 unspecified atom stereocenters. The third-order valence-corrected chi connectivity index (χ3v) is 4.56. The van der Waals surface area contributed by atoms with E-state index in [0.29, 0.717) is 17.3 Å². The minimum absolute atomic E-state index is 0.380. The molecule has 0 aliphatic carbocycles. The summed E-state index contributed by atoms with van der Waals surface area (Å²) in [5.74, 6) is 0.699. The number of carbonyl (C=O) groups is 1.